The number of nitrogens with one attached hydrogen (secondary N) is 3. The van der Waals surface area contributed by atoms with E-state index in [0.29, 0.717) is 23.9 Å². The van der Waals surface area contributed by atoms with Crippen molar-refractivity contribution in [2.75, 3.05) is 5.32 Å². The lowest BCUT2D eigenvalue weighted by atomic mass is 10.1. The Morgan fingerprint density at radius 2 is 2.23 bits per heavy atom. The second-order valence-corrected chi connectivity index (χ2v) is 5.87. The van der Waals surface area contributed by atoms with Gasteiger partial charge in [-0.1, -0.05) is 13.0 Å². The van der Waals surface area contributed by atoms with E-state index >= 15 is 0 Å². The molecule has 2 aliphatic rings. The van der Waals surface area contributed by atoms with Crippen LogP contribution in [0.1, 0.15) is 44.7 Å². The Morgan fingerprint density at radius 1 is 1.45 bits per heavy atom. The highest BCUT2D eigenvalue weighted by atomic mass is 16.5. The lowest BCUT2D eigenvalue weighted by molar-refractivity contribution is -0.123. The van der Waals surface area contributed by atoms with Gasteiger partial charge in [0.25, 0.3) is 5.91 Å². The van der Waals surface area contributed by atoms with Gasteiger partial charge in [-0.3, -0.25) is 4.79 Å². The van der Waals surface area contributed by atoms with E-state index in [2.05, 4.69) is 16.0 Å². The molecule has 1 aliphatic heterocycles. The van der Waals surface area contributed by atoms with Gasteiger partial charge in [-0.15, -0.1) is 0 Å². The fraction of sp³-hybridized carbons (Fsp3) is 0.500. The average molecular weight is 303 g/mol. The van der Waals surface area contributed by atoms with Crippen LogP contribution in [0.25, 0.3) is 0 Å². The summed E-state index contributed by atoms with van der Waals surface area (Å²) in [4.78, 5) is 23.6. The van der Waals surface area contributed by atoms with E-state index in [-0.39, 0.29) is 18.0 Å². The average Bonchev–Trinajstić information content (AvgIpc) is 3.29. The van der Waals surface area contributed by atoms with Gasteiger partial charge in [-0.05, 0) is 43.9 Å². The van der Waals surface area contributed by atoms with Crippen molar-refractivity contribution >= 4 is 17.6 Å². The summed E-state index contributed by atoms with van der Waals surface area (Å²) in [5.74, 6) is 0.540. The van der Waals surface area contributed by atoms with Crippen LogP contribution >= 0.6 is 0 Å². The molecule has 0 aromatic heterocycles. The van der Waals surface area contributed by atoms with E-state index in [1.807, 2.05) is 32.0 Å². The predicted molar refractivity (Wildman–Crippen MR) is 82.9 cm³/mol. The van der Waals surface area contributed by atoms with Gasteiger partial charge in [0, 0.05) is 6.04 Å². The molecule has 1 fully saturated rings. The fourth-order valence-electron chi connectivity index (χ4n) is 2.43. The number of benzene rings is 1. The number of anilines is 1. The highest BCUT2D eigenvalue weighted by molar-refractivity contribution is 5.97. The maximum absolute atomic E-state index is 11.8. The Balaban J connectivity index is 1.69. The second kappa shape index (κ2) is 5.87. The first-order chi connectivity index (χ1) is 10.6. The van der Waals surface area contributed by atoms with Crippen molar-refractivity contribution in [1.29, 1.82) is 0 Å². The van der Waals surface area contributed by atoms with Crippen LogP contribution in [0.15, 0.2) is 18.2 Å². The molecule has 0 saturated heterocycles. The van der Waals surface area contributed by atoms with Gasteiger partial charge < -0.3 is 20.7 Å². The quantitative estimate of drug-likeness (QED) is 0.798. The molecule has 6 heteroatoms. The Morgan fingerprint density at radius 3 is 2.91 bits per heavy atom. The number of carbonyl (C=O) groups excluding carboxylic acids is 2. The van der Waals surface area contributed by atoms with Gasteiger partial charge in [0.15, 0.2) is 6.10 Å². The molecule has 22 heavy (non-hydrogen) atoms. The Kier molecular flexibility index (Phi) is 3.92. The number of amides is 3. The van der Waals surface area contributed by atoms with Crippen LogP contribution in [0.4, 0.5) is 10.5 Å². The highest BCUT2D eigenvalue weighted by Crippen LogP contribution is 2.33. The summed E-state index contributed by atoms with van der Waals surface area (Å²) in [5.41, 5.74) is 1.61. The number of fused-ring (bicyclic) bond motifs is 1. The first-order valence-electron chi connectivity index (χ1n) is 7.75. The van der Waals surface area contributed by atoms with Crippen LogP contribution in [0.5, 0.6) is 5.75 Å². The van der Waals surface area contributed by atoms with E-state index in [1.165, 1.54) is 0 Å². The molecule has 3 rings (SSSR count). The van der Waals surface area contributed by atoms with E-state index in [4.69, 9.17) is 4.74 Å². The molecule has 1 saturated carbocycles. The second-order valence-electron chi connectivity index (χ2n) is 5.87. The van der Waals surface area contributed by atoms with Crippen molar-refractivity contribution in [3.63, 3.8) is 0 Å². The lowest BCUT2D eigenvalue weighted by Crippen LogP contribution is -2.38. The first-order valence-corrected chi connectivity index (χ1v) is 7.75. The molecule has 2 atom stereocenters. The molecular weight excluding hydrogens is 282 g/mol. The number of ether oxygens (including phenoxy) is 1. The zero-order valence-corrected chi connectivity index (χ0v) is 12.8. The number of hydrogen-bond acceptors (Lipinski definition) is 3. The zero-order valence-electron chi connectivity index (χ0n) is 12.8. The van der Waals surface area contributed by atoms with Gasteiger partial charge in [0.2, 0.25) is 0 Å². The van der Waals surface area contributed by atoms with Crippen LogP contribution in [-0.4, -0.2) is 24.1 Å². The molecular formula is C16H21N3O3. The summed E-state index contributed by atoms with van der Waals surface area (Å²) >= 11 is 0. The van der Waals surface area contributed by atoms with Crippen LogP contribution in [0.2, 0.25) is 0 Å². The van der Waals surface area contributed by atoms with E-state index in [9.17, 15) is 9.59 Å². The summed E-state index contributed by atoms with van der Waals surface area (Å²) in [6, 6.07) is 5.63. The van der Waals surface area contributed by atoms with Gasteiger partial charge in [-0.25, -0.2) is 4.79 Å². The lowest BCUT2D eigenvalue weighted by Gasteiger charge is -2.26. The molecule has 0 radical (unpaired) electrons. The third-order valence-electron chi connectivity index (χ3n) is 3.96. The van der Waals surface area contributed by atoms with Gasteiger partial charge >= 0.3 is 6.03 Å². The predicted octanol–water partition coefficient (Wildman–Crippen LogP) is 2.32. The summed E-state index contributed by atoms with van der Waals surface area (Å²) < 4.78 is 5.72. The smallest absolute Gasteiger partial charge is 0.315 e. The van der Waals surface area contributed by atoms with Crippen molar-refractivity contribution in [2.24, 2.45) is 0 Å². The minimum absolute atomic E-state index is 0.113. The number of rotatable bonds is 4. The third kappa shape index (κ3) is 3.16. The molecule has 118 valence electrons. The number of hydrogen-bond donors (Lipinski definition) is 3. The largest absolute Gasteiger partial charge is 0.478 e. The summed E-state index contributed by atoms with van der Waals surface area (Å²) in [7, 11) is 0. The van der Waals surface area contributed by atoms with Crippen molar-refractivity contribution in [2.45, 2.75) is 51.3 Å². The van der Waals surface area contributed by atoms with Crippen LogP contribution in [-0.2, 0) is 4.79 Å². The van der Waals surface area contributed by atoms with Crippen LogP contribution in [0.3, 0.4) is 0 Å². The maximum atomic E-state index is 11.8. The summed E-state index contributed by atoms with van der Waals surface area (Å²) in [5, 5.41) is 8.65. The first kappa shape index (κ1) is 14.7. The molecule has 0 unspecified atom stereocenters. The molecule has 0 spiro atoms. The van der Waals surface area contributed by atoms with E-state index in [0.717, 1.165) is 18.4 Å². The molecule has 0 bridgehead atoms. The normalized spacial score (nSPS) is 21.2. The molecule has 1 aromatic carbocycles. The van der Waals surface area contributed by atoms with Gasteiger partial charge in [-0.2, -0.15) is 0 Å². The SMILES string of the molecule is CC[C@@H]1Oc2cc([C@H](C)NC(=O)NC3CC3)ccc2NC1=O. The van der Waals surface area contributed by atoms with Gasteiger partial charge in [0.1, 0.15) is 5.75 Å². The summed E-state index contributed by atoms with van der Waals surface area (Å²) in [6.07, 6.45) is 2.29. The molecule has 3 amide bonds. The van der Waals surface area contributed by atoms with Crippen LogP contribution in [0, 0.1) is 0 Å². The van der Waals surface area contributed by atoms with Crippen molar-refractivity contribution in [3.8, 4) is 5.75 Å². The monoisotopic (exact) mass is 303 g/mol. The minimum atomic E-state index is -0.454. The minimum Gasteiger partial charge on any atom is -0.478 e. The van der Waals surface area contributed by atoms with Crippen molar-refractivity contribution in [1.82, 2.24) is 10.6 Å². The third-order valence-corrected chi connectivity index (χ3v) is 3.96. The van der Waals surface area contributed by atoms with Gasteiger partial charge in [0.05, 0.1) is 11.7 Å². The van der Waals surface area contributed by atoms with Crippen LogP contribution < -0.4 is 20.7 Å². The number of carbonyl (C=O) groups is 2. The van der Waals surface area contributed by atoms with E-state index < -0.39 is 6.10 Å². The Hall–Kier alpha value is -2.24. The Labute approximate surface area is 129 Å². The standard InChI is InChI=1S/C16H21N3O3/c1-3-13-15(20)19-12-7-4-10(8-14(12)22-13)9(2)17-16(21)18-11-5-6-11/h4,7-9,11,13H,3,5-6H2,1-2H3,(H,19,20)(H2,17,18,21)/t9-,13-/m0/s1. The molecule has 1 heterocycles. The zero-order chi connectivity index (χ0) is 15.7. The fourth-order valence-corrected chi connectivity index (χ4v) is 2.43. The van der Waals surface area contributed by atoms with Crippen molar-refractivity contribution < 1.29 is 14.3 Å². The maximum Gasteiger partial charge on any atom is 0.315 e. The molecule has 1 aromatic rings. The topological polar surface area (TPSA) is 79.5 Å². The molecule has 3 N–H and O–H groups in total. The molecule has 1 aliphatic carbocycles. The van der Waals surface area contributed by atoms with E-state index in [1.54, 1.807) is 0 Å². The highest BCUT2D eigenvalue weighted by Gasteiger charge is 2.27. The Bertz CT molecular complexity index is 598. The summed E-state index contributed by atoms with van der Waals surface area (Å²) in [6.45, 7) is 3.83. The number of urea groups is 1. The molecule has 6 nitrogen and oxygen atoms in total. The van der Waals surface area contributed by atoms with Crippen molar-refractivity contribution in [3.05, 3.63) is 23.8 Å².